The van der Waals surface area contributed by atoms with Gasteiger partial charge in [-0.05, 0) is 18.6 Å². The maximum Gasteiger partial charge on any atom is 0.304 e. The number of carboxylic acids is 1. The highest BCUT2D eigenvalue weighted by atomic mass is 16.4. The van der Waals surface area contributed by atoms with Gasteiger partial charge in [0.25, 0.3) is 0 Å². The molecule has 1 N–H and O–H groups in total. The fraction of sp³-hybridized carbons (Fsp3) is 0.455. The number of aliphatic carboxylic acids is 1. The van der Waals surface area contributed by atoms with Crippen molar-refractivity contribution < 1.29 is 9.90 Å². The molecule has 14 heavy (non-hydrogen) atoms. The van der Waals surface area contributed by atoms with Crippen LogP contribution in [0.2, 0.25) is 0 Å². The standard InChI is InChI=1S/C11H15NO2/c1-8-9(5-4-6-12-8)11(2,3)7-10(13)14/h4-6H,7H2,1-3H3,(H,13,14). The first kappa shape index (κ1) is 10.7. The third-order valence-corrected chi connectivity index (χ3v) is 2.33. The molecule has 0 aliphatic rings. The van der Waals surface area contributed by atoms with Crippen LogP contribution in [0.1, 0.15) is 31.5 Å². The maximum absolute atomic E-state index is 10.7. The van der Waals surface area contributed by atoms with Crippen LogP contribution in [-0.2, 0) is 10.2 Å². The first-order valence-electron chi connectivity index (χ1n) is 4.57. The van der Waals surface area contributed by atoms with Crippen LogP contribution in [0, 0.1) is 6.92 Å². The van der Waals surface area contributed by atoms with Gasteiger partial charge in [-0.2, -0.15) is 0 Å². The number of pyridine rings is 1. The molecule has 0 radical (unpaired) electrons. The number of hydrogen-bond donors (Lipinski definition) is 1. The Morgan fingerprint density at radius 3 is 2.71 bits per heavy atom. The Morgan fingerprint density at radius 1 is 1.57 bits per heavy atom. The third kappa shape index (κ3) is 2.31. The van der Waals surface area contributed by atoms with Gasteiger partial charge in [-0.3, -0.25) is 9.78 Å². The summed E-state index contributed by atoms with van der Waals surface area (Å²) in [6, 6.07) is 3.78. The van der Waals surface area contributed by atoms with Gasteiger partial charge in [0.2, 0.25) is 0 Å². The summed E-state index contributed by atoms with van der Waals surface area (Å²) in [5, 5.41) is 8.78. The van der Waals surface area contributed by atoms with Crippen molar-refractivity contribution >= 4 is 5.97 Å². The molecule has 0 saturated carbocycles. The van der Waals surface area contributed by atoms with E-state index < -0.39 is 5.97 Å². The van der Waals surface area contributed by atoms with Crippen LogP contribution in [0.4, 0.5) is 0 Å². The van der Waals surface area contributed by atoms with Crippen molar-refractivity contribution in [1.29, 1.82) is 0 Å². The van der Waals surface area contributed by atoms with Crippen molar-refractivity contribution in [2.75, 3.05) is 0 Å². The molecule has 0 atom stereocenters. The van der Waals surface area contributed by atoms with Crippen LogP contribution in [-0.4, -0.2) is 16.1 Å². The van der Waals surface area contributed by atoms with E-state index in [1.165, 1.54) is 0 Å². The number of carbonyl (C=O) groups is 1. The quantitative estimate of drug-likeness (QED) is 0.800. The molecule has 76 valence electrons. The first-order chi connectivity index (χ1) is 6.43. The monoisotopic (exact) mass is 193 g/mol. The van der Waals surface area contributed by atoms with Gasteiger partial charge in [0.1, 0.15) is 0 Å². The molecule has 0 bridgehead atoms. The minimum absolute atomic E-state index is 0.125. The highest BCUT2D eigenvalue weighted by Crippen LogP contribution is 2.28. The SMILES string of the molecule is Cc1ncccc1C(C)(C)CC(=O)O. The summed E-state index contributed by atoms with van der Waals surface area (Å²) in [7, 11) is 0. The number of hydrogen-bond acceptors (Lipinski definition) is 2. The number of aryl methyl sites for hydroxylation is 1. The van der Waals surface area contributed by atoms with E-state index in [0.29, 0.717) is 0 Å². The van der Waals surface area contributed by atoms with Crippen molar-refractivity contribution in [2.24, 2.45) is 0 Å². The Hall–Kier alpha value is -1.38. The molecular weight excluding hydrogens is 178 g/mol. The molecule has 0 saturated heterocycles. The topological polar surface area (TPSA) is 50.2 Å². The summed E-state index contributed by atoms with van der Waals surface area (Å²) in [4.78, 5) is 14.8. The van der Waals surface area contributed by atoms with Crippen LogP contribution in [0.15, 0.2) is 18.3 Å². The van der Waals surface area contributed by atoms with Crippen molar-refractivity contribution in [1.82, 2.24) is 4.98 Å². The summed E-state index contributed by atoms with van der Waals surface area (Å²) in [5.74, 6) is -0.779. The molecule has 3 nitrogen and oxygen atoms in total. The van der Waals surface area contributed by atoms with E-state index in [2.05, 4.69) is 4.98 Å². The van der Waals surface area contributed by atoms with Crippen LogP contribution in [0.5, 0.6) is 0 Å². The van der Waals surface area contributed by atoms with Gasteiger partial charge in [0.15, 0.2) is 0 Å². The average Bonchev–Trinajstić information content (AvgIpc) is 2.02. The van der Waals surface area contributed by atoms with E-state index in [1.54, 1.807) is 6.20 Å². The van der Waals surface area contributed by atoms with E-state index >= 15 is 0 Å². The summed E-state index contributed by atoms with van der Waals surface area (Å²) in [6.45, 7) is 5.75. The van der Waals surface area contributed by atoms with Gasteiger partial charge in [0.05, 0.1) is 6.42 Å². The Morgan fingerprint density at radius 2 is 2.21 bits per heavy atom. The Balaban J connectivity index is 3.03. The first-order valence-corrected chi connectivity index (χ1v) is 4.57. The third-order valence-electron chi connectivity index (χ3n) is 2.33. The molecular formula is C11H15NO2. The summed E-state index contributed by atoms with van der Waals surface area (Å²) < 4.78 is 0. The van der Waals surface area contributed by atoms with Crippen LogP contribution in [0.3, 0.4) is 0 Å². The van der Waals surface area contributed by atoms with Gasteiger partial charge in [-0.15, -0.1) is 0 Å². The molecule has 1 heterocycles. The largest absolute Gasteiger partial charge is 0.481 e. The number of carboxylic acid groups (broad SMARTS) is 1. The number of aromatic nitrogens is 1. The Bertz CT molecular complexity index is 345. The second kappa shape index (κ2) is 3.78. The van der Waals surface area contributed by atoms with Crippen LogP contribution < -0.4 is 0 Å². The Kier molecular flexibility index (Phi) is 2.89. The van der Waals surface area contributed by atoms with Gasteiger partial charge in [0, 0.05) is 17.3 Å². The zero-order chi connectivity index (χ0) is 10.8. The molecule has 0 fully saturated rings. The lowest BCUT2D eigenvalue weighted by molar-refractivity contribution is -0.138. The molecule has 0 spiro atoms. The minimum Gasteiger partial charge on any atom is -0.481 e. The van der Waals surface area contributed by atoms with Crippen molar-refractivity contribution in [2.45, 2.75) is 32.6 Å². The lowest BCUT2D eigenvalue weighted by Gasteiger charge is -2.24. The van der Waals surface area contributed by atoms with E-state index in [9.17, 15) is 4.79 Å². The van der Waals surface area contributed by atoms with Crippen molar-refractivity contribution in [3.63, 3.8) is 0 Å². The lowest BCUT2D eigenvalue weighted by atomic mass is 9.81. The fourth-order valence-electron chi connectivity index (χ4n) is 1.67. The van der Waals surface area contributed by atoms with Crippen LogP contribution >= 0.6 is 0 Å². The van der Waals surface area contributed by atoms with Gasteiger partial charge >= 0.3 is 5.97 Å². The molecule has 1 aromatic rings. The van der Waals surface area contributed by atoms with E-state index in [-0.39, 0.29) is 11.8 Å². The fourth-order valence-corrected chi connectivity index (χ4v) is 1.67. The molecule has 0 aliphatic heterocycles. The second-order valence-corrected chi connectivity index (χ2v) is 4.09. The molecule has 1 aromatic heterocycles. The van der Waals surface area contributed by atoms with Crippen LogP contribution in [0.25, 0.3) is 0 Å². The predicted molar refractivity (Wildman–Crippen MR) is 54.3 cm³/mol. The Labute approximate surface area is 83.8 Å². The predicted octanol–water partition coefficient (Wildman–Crippen LogP) is 2.14. The smallest absolute Gasteiger partial charge is 0.304 e. The highest BCUT2D eigenvalue weighted by Gasteiger charge is 2.25. The van der Waals surface area contributed by atoms with Crippen molar-refractivity contribution in [3.8, 4) is 0 Å². The molecule has 0 aromatic carbocycles. The minimum atomic E-state index is -0.779. The zero-order valence-corrected chi connectivity index (χ0v) is 8.74. The number of rotatable bonds is 3. The molecule has 3 heteroatoms. The zero-order valence-electron chi connectivity index (χ0n) is 8.74. The van der Waals surface area contributed by atoms with E-state index in [4.69, 9.17) is 5.11 Å². The highest BCUT2D eigenvalue weighted by molar-refractivity contribution is 5.69. The van der Waals surface area contributed by atoms with Gasteiger partial charge in [-0.25, -0.2) is 0 Å². The van der Waals surface area contributed by atoms with Crippen molar-refractivity contribution in [3.05, 3.63) is 29.6 Å². The van der Waals surface area contributed by atoms with Gasteiger partial charge < -0.3 is 5.11 Å². The maximum atomic E-state index is 10.7. The molecule has 0 unspecified atom stereocenters. The van der Waals surface area contributed by atoms with Gasteiger partial charge in [-0.1, -0.05) is 19.9 Å². The molecule has 1 rings (SSSR count). The normalized spacial score (nSPS) is 11.4. The average molecular weight is 193 g/mol. The summed E-state index contributed by atoms with van der Waals surface area (Å²) in [5.41, 5.74) is 1.55. The number of nitrogens with zero attached hydrogens (tertiary/aromatic N) is 1. The summed E-state index contributed by atoms with van der Waals surface area (Å²) in [6.07, 6.45) is 1.84. The molecule has 0 aliphatic carbocycles. The van der Waals surface area contributed by atoms with E-state index in [0.717, 1.165) is 11.3 Å². The molecule has 0 amide bonds. The lowest BCUT2D eigenvalue weighted by Crippen LogP contribution is -2.23. The second-order valence-electron chi connectivity index (χ2n) is 4.09. The summed E-state index contributed by atoms with van der Waals surface area (Å²) >= 11 is 0. The van der Waals surface area contributed by atoms with E-state index in [1.807, 2.05) is 32.9 Å².